The molecule has 0 atom stereocenters. The van der Waals surface area contributed by atoms with Crippen LogP contribution in [0.3, 0.4) is 0 Å². The van der Waals surface area contributed by atoms with Gasteiger partial charge in [0.1, 0.15) is 5.75 Å². The molecule has 0 saturated carbocycles. The van der Waals surface area contributed by atoms with Crippen LogP contribution in [-0.2, 0) is 4.74 Å². The fraction of sp³-hybridized carbons (Fsp3) is 0.267. The molecule has 22 heavy (non-hydrogen) atoms. The predicted molar refractivity (Wildman–Crippen MR) is 80.1 cm³/mol. The smallest absolute Gasteiger partial charge is 0.321 e. The minimum atomic E-state index is -0.569. The highest BCUT2D eigenvalue weighted by molar-refractivity contribution is 5.92. The van der Waals surface area contributed by atoms with Gasteiger partial charge < -0.3 is 20.1 Å². The quantitative estimate of drug-likeness (QED) is 0.912. The van der Waals surface area contributed by atoms with Gasteiger partial charge in [-0.15, -0.1) is 0 Å². The van der Waals surface area contributed by atoms with Crippen LogP contribution in [0, 0.1) is 0 Å². The van der Waals surface area contributed by atoms with Crippen molar-refractivity contribution in [3.8, 4) is 11.8 Å². The van der Waals surface area contributed by atoms with E-state index >= 15 is 0 Å². The Morgan fingerprint density at radius 2 is 1.95 bits per heavy atom. The molecule has 2 N–H and O–H groups in total. The van der Waals surface area contributed by atoms with Crippen LogP contribution >= 0.6 is 0 Å². The summed E-state index contributed by atoms with van der Waals surface area (Å²) in [5.74, 6) is 0.0664. The van der Waals surface area contributed by atoms with Crippen molar-refractivity contribution in [2.24, 2.45) is 5.73 Å². The van der Waals surface area contributed by atoms with Gasteiger partial charge in [0.15, 0.2) is 0 Å². The van der Waals surface area contributed by atoms with Crippen LogP contribution in [0.5, 0.6) is 11.8 Å². The van der Waals surface area contributed by atoms with E-state index in [0.717, 1.165) is 32.0 Å². The second-order valence-electron chi connectivity index (χ2n) is 4.82. The molecule has 0 radical (unpaired) electrons. The average molecular weight is 300 g/mol. The minimum absolute atomic E-state index is 0.170. The molecule has 1 aliphatic heterocycles. The molecule has 114 valence electrons. The molecule has 0 unspecified atom stereocenters. The number of hydrogen-bond donors (Lipinski definition) is 1. The summed E-state index contributed by atoms with van der Waals surface area (Å²) in [6.07, 6.45) is 2.69. The van der Waals surface area contributed by atoms with Crippen LogP contribution in [0.1, 0.15) is 10.4 Å². The fourth-order valence-electron chi connectivity index (χ4n) is 2.17. The molecule has 1 saturated heterocycles. The summed E-state index contributed by atoms with van der Waals surface area (Å²) in [4.78, 5) is 21.1. The summed E-state index contributed by atoms with van der Waals surface area (Å²) >= 11 is 0. The van der Waals surface area contributed by atoms with Crippen molar-refractivity contribution in [1.29, 1.82) is 0 Å². The molecule has 0 aliphatic carbocycles. The highest BCUT2D eigenvalue weighted by atomic mass is 16.5. The Morgan fingerprint density at radius 3 is 2.64 bits per heavy atom. The summed E-state index contributed by atoms with van der Waals surface area (Å²) < 4.78 is 11.0. The maximum atomic E-state index is 11.0. The summed E-state index contributed by atoms with van der Waals surface area (Å²) in [6, 6.07) is 7.86. The zero-order chi connectivity index (χ0) is 15.4. The first-order valence-corrected chi connectivity index (χ1v) is 6.95. The van der Waals surface area contributed by atoms with Gasteiger partial charge in [0.2, 0.25) is 0 Å². The number of benzene rings is 1. The lowest BCUT2D eigenvalue weighted by molar-refractivity contribution is 0.0999. The predicted octanol–water partition coefficient (Wildman–Crippen LogP) is 1.20. The Bertz CT molecular complexity index is 654. The Balaban J connectivity index is 1.73. The Kier molecular flexibility index (Phi) is 4.15. The zero-order valence-electron chi connectivity index (χ0n) is 11.9. The van der Waals surface area contributed by atoms with Crippen LogP contribution in [0.4, 0.5) is 5.69 Å². The molecule has 1 aromatic carbocycles. The van der Waals surface area contributed by atoms with Gasteiger partial charge in [0.25, 0.3) is 5.91 Å². The minimum Gasteiger partial charge on any atom is -0.424 e. The van der Waals surface area contributed by atoms with E-state index in [4.69, 9.17) is 15.2 Å². The number of aromatic nitrogens is 2. The van der Waals surface area contributed by atoms with Crippen molar-refractivity contribution >= 4 is 11.6 Å². The Labute approximate surface area is 127 Å². The second kappa shape index (κ2) is 6.40. The third kappa shape index (κ3) is 3.32. The van der Waals surface area contributed by atoms with Crippen molar-refractivity contribution in [1.82, 2.24) is 9.97 Å². The van der Waals surface area contributed by atoms with Gasteiger partial charge in [0, 0.05) is 37.2 Å². The lowest BCUT2D eigenvalue weighted by Crippen LogP contribution is -2.36. The lowest BCUT2D eigenvalue weighted by atomic mass is 10.2. The van der Waals surface area contributed by atoms with Crippen LogP contribution in [-0.4, -0.2) is 42.2 Å². The van der Waals surface area contributed by atoms with Gasteiger partial charge in [-0.05, 0) is 12.1 Å². The van der Waals surface area contributed by atoms with Gasteiger partial charge in [-0.1, -0.05) is 6.07 Å². The molecule has 7 heteroatoms. The van der Waals surface area contributed by atoms with Gasteiger partial charge >= 0.3 is 6.01 Å². The fourth-order valence-corrected chi connectivity index (χ4v) is 2.17. The largest absolute Gasteiger partial charge is 0.424 e. The van der Waals surface area contributed by atoms with E-state index in [1.807, 2.05) is 24.3 Å². The van der Waals surface area contributed by atoms with E-state index in [9.17, 15) is 4.79 Å². The number of anilines is 1. The molecule has 1 fully saturated rings. The monoisotopic (exact) mass is 300 g/mol. The van der Waals surface area contributed by atoms with E-state index in [2.05, 4.69) is 14.9 Å². The van der Waals surface area contributed by atoms with Crippen LogP contribution in [0.25, 0.3) is 0 Å². The van der Waals surface area contributed by atoms with Crippen LogP contribution in [0.2, 0.25) is 0 Å². The average Bonchev–Trinajstić information content (AvgIpc) is 2.56. The molecule has 1 aromatic heterocycles. The number of hydrogen-bond acceptors (Lipinski definition) is 6. The number of rotatable bonds is 4. The van der Waals surface area contributed by atoms with Crippen molar-refractivity contribution in [2.45, 2.75) is 0 Å². The number of carbonyl (C=O) groups excluding carboxylic acids is 1. The third-order valence-corrected chi connectivity index (χ3v) is 3.32. The number of nitrogens with zero attached hydrogens (tertiary/aromatic N) is 3. The first kappa shape index (κ1) is 14.3. The van der Waals surface area contributed by atoms with Gasteiger partial charge in [-0.25, -0.2) is 9.97 Å². The summed E-state index contributed by atoms with van der Waals surface area (Å²) in [7, 11) is 0. The maximum absolute atomic E-state index is 11.0. The van der Waals surface area contributed by atoms with E-state index in [0.29, 0.717) is 5.75 Å². The maximum Gasteiger partial charge on any atom is 0.321 e. The lowest BCUT2D eigenvalue weighted by Gasteiger charge is -2.29. The van der Waals surface area contributed by atoms with E-state index in [1.54, 1.807) is 0 Å². The Morgan fingerprint density at radius 1 is 1.23 bits per heavy atom. The number of morpholine rings is 1. The molecule has 2 heterocycles. The van der Waals surface area contributed by atoms with Crippen LogP contribution < -0.4 is 15.4 Å². The second-order valence-corrected chi connectivity index (χ2v) is 4.82. The van der Waals surface area contributed by atoms with E-state index in [-0.39, 0.29) is 11.6 Å². The third-order valence-electron chi connectivity index (χ3n) is 3.32. The van der Waals surface area contributed by atoms with E-state index in [1.165, 1.54) is 12.4 Å². The standard InChI is InChI=1S/C15H16N4O3/c16-14(20)11-9-17-15(18-10-11)22-13-3-1-2-12(8-13)19-4-6-21-7-5-19/h1-3,8-10H,4-7H2,(H2,16,20). The number of carbonyl (C=O) groups is 1. The molecular formula is C15H16N4O3. The van der Waals surface area contributed by atoms with Gasteiger partial charge in [-0.3, -0.25) is 4.79 Å². The molecule has 1 aliphatic rings. The number of nitrogens with two attached hydrogens (primary N) is 1. The molecule has 3 rings (SSSR count). The molecule has 0 bridgehead atoms. The number of ether oxygens (including phenoxy) is 2. The topological polar surface area (TPSA) is 90.6 Å². The van der Waals surface area contributed by atoms with Crippen molar-refractivity contribution in [2.75, 3.05) is 31.2 Å². The van der Waals surface area contributed by atoms with Crippen molar-refractivity contribution in [3.63, 3.8) is 0 Å². The summed E-state index contributed by atoms with van der Waals surface area (Å²) in [6.45, 7) is 3.16. The number of amides is 1. The highest BCUT2D eigenvalue weighted by Gasteiger charge is 2.12. The summed E-state index contributed by atoms with van der Waals surface area (Å²) in [5.41, 5.74) is 6.45. The first-order valence-electron chi connectivity index (χ1n) is 6.95. The zero-order valence-corrected chi connectivity index (χ0v) is 11.9. The first-order chi connectivity index (χ1) is 10.7. The van der Waals surface area contributed by atoms with E-state index < -0.39 is 5.91 Å². The van der Waals surface area contributed by atoms with Crippen LogP contribution in [0.15, 0.2) is 36.7 Å². The normalized spacial score (nSPS) is 14.6. The molecule has 1 amide bonds. The SMILES string of the molecule is NC(=O)c1cnc(Oc2cccc(N3CCOCC3)c2)nc1. The molecular weight excluding hydrogens is 284 g/mol. The van der Waals surface area contributed by atoms with Crippen molar-refractivity contribution in [3.05, 3.63) is 42.2 Å². The molecule has 7 nitrogen and oxygen atoms in total. The van der Waals surface area contributed by atoms with Crippen molar-refractivity contribution < 1.29 is 14.3 Å². The van der Waals surface area contributed by atoms with Gasteiger partial charge in [0.05, 0.1) is 18.8 Å². The summed E-state index contributed by atoms with van der Waals surface area (Å²) in [5, 5.41) is 0. The highest BCUT2D eigenvalue weighted by Crippen LogP contribution is 2.24. The number of primary amides is 1. The Hall–Kier alpha value is -2.67. The van der Waals surface area contributed by atoms with Gasteiger partial charge in [-0.2, -0.15) is 0 Å². The molecule has 2 aromatic rings. The molecule has 0 spiro atoms.